The molecule has 8 nitrogen and oxygen atoms in total. The lowest BCUT2D eigenvalue weighted by Crippen LogP contribution is -2.51. The van der Waals surface area contributed by atoms with Crippen LogP contribution in [0.2, 0.25) is 0 Å². The summed E-state index contributed by atoms with van der Waals surface area (Å²) in [6.07, 6.45) is 1.56. The van der Waals surface area contributed by atoms with Gasteiger partial charge in [0, 0.05) is 18.7 Å². The molecule has 3 aromatic carbocycles. The zero-order valence-corrected chi connectivity index (χ0v) is 20.7. The molecule has 0 unspecified atom stereocenters. The Morgan fingerprint density at radius 3 is 2.53 bits per heavy atom. The van der Waals surface area contributed by atoms with Crippen molar-refractivity contribution in [2.24, 2.45) is 0 Å². The molecule has 36 heavy (non-hydrogen) atoms. The van der Waals surface area contributed by atoms with E-state index in [9.17, 15) is 18.0 Å². The van der Waals surface area contributed by atoms with Gasteiger partial charge >= 0.3 is 0 Å². The number of amides is 2. The molecule has 0 saturated heterocycles. The highest BCUT2D eigenvalue weighted by atomic mass is 32.2. The van der Waals surface area contributed by atoms with Crippen LogP contribution in [-0.4, -0.2) is 52.2 Å². The second-order valence-corrected chi connectivity index (χ2v) is 10.9. The lowest BCUT2D eigenvalue weighted by atomic mass is 10.1. The third kappa shape index (κ3) is 4.79. The molecule has 1 N–H and O–H groups in total. The second kappa shape index (κ2) is 9.66. The van der Waals surface area contributed by atoms with Gasteiger partial charge in [0.15, 0.2) is 6.10 Å². The van der Waals surface area contributed by atoms with Crippen LogP contribution in [0.4, 0.5) is 11.4 Å². The Morgan fingerprint density at radius 2 is 1.75 bits per heavy atom. The molecule has 2 amide bonds. The van der Waals surface area contributed by atoms with E-state index in [2.05, 4.69) is 5.32 Å². The van der Waals surface area contributed by atoms with Crippen molar-refractivity contribution in [3.63, 3.8) is 0 Å². The van der Waals surface area contributed by atoms with E-state index in [1.807, 2.05) is 36.4 Å². The van der Waals surface area contributed by atoms with Crippen LogP contribution in [0.5, 0.6) is 5.75 Å². The van der Waals surface area contributed by atoms with Gasteiger partial charge in [0.1, 0.15) is 5.75 Å². The fraction of sp³-hybridized carbons (Fsp3) is 0.259. The molecule has 5 rings (SSSR count). The van der Waals surface area contributed by atoms with E-state index in [4.69, 9.17) is 4.74 Å². The van der Waals surface area contributed by atoms with Crippen LogP contribution < -0.4 is 19.3 Å². The summed E-state index contributed by atoms with van der Waals surface area (Å²) in [7, 11) is -3.37. The van der Waals surface area contributed by atoms with Crippen LogP contribution in [0.1, 0.15) is 21.5 Å². The number of nitrogens with one attached hydrogen (secondary N) is 1. The maximum atomic E-state index is 13.6. The van der Waals surface area contributed by atoms with Crippen LogP contribution in [0.15, 0.2) is 72.8 Å². The number of nitrogens with zero attached hydrogens (tertiary/aromatic N) is 2. The molecule has 0 radical (unpaired) electrons. The highest BCUT2D eigenvalue weighted by Gasteiger charge is 2.35. The minimum Gasteiger partial charge on any atom is -0.477 e. The number of hydrogen-bond acceptors (Lipinski definition) is 5. The molecule has 0 aromatic heterocycles. The third-order valence-electron chi connectivity index (χ3n) is 6.45. The average molecular weight is 506 g/mol. The maximum absolute atomic E-state index is 13.6. The van der Waals surface area contributed by atoms with Crippen molar-refractivity contribution in [2.75, 3.05) is 35.1 Å². The number of carbonyl (C=O) groups excluding carboxylic acids is 2. The fourth-order valence-electron chi connectivity index (χ4n) is 4.66. The van der Waals surface area contributed by atoms with Crippen molar-refractivity contribution in [1.29, 1.82) is 0 Å². The van der Waals surface area contributed by atoms with Gasteiger partial charge in [-0.2, -0.15) is 0 Å². The maximum Gasteiger partial charge on any atom is 0.262 e. The van der Waals surface area contributed by atoms with E-state index in [-0.39, 0.29) is 18.4 Å². The molecule has 0 aliphatic carbocycles. The van der Waals surface area contributed by atoms with Gasteiger partial charge in [0.25, 0.3) is 11.8 Å². The average Bonchev–Trinajstić information content (AvgIpc) is 3.32. The van der Waals surface area contributed by atoms with Gasteiger partial charge in [-0.1, -0.05) is 42.5 Å². The Balaban J connectivity index is 1.34. The largest absolute Gasteiger partial charge is 0.477 e. The Hall–Kier alpha value is -3.85. The van der Waals surface area contributed by atoms with Crippen molar-refractivity contribution in [3.05, 3.63) is 89.5 Å². The Morgan fingerprint density at radius 1 is 1.00 bits per heavy atom. The molecular weight excluding hydrogens is 478 g/mol. The molecule has 0 saturated carbocycles. The smallest absolute Gasteiger partial charge is 0.262 e. The van der Waals surface area contributed by atoms with Gasteiger partial charge in [-0.25, -0.2) is 8.42 Å². The van der Waals surface area contributed by atoms with Crippen molar-refractivity contribution >= 4 is 33.2 Å². The standard InChI is InChI=1S/C27H27N3O5S/c1-36(33,34)30-16-14-20-17-21(11-12-22(20)30)27(32)29-18-25(35-24-10-6-5-9-23(24)29)26(31)28-15-13-19-7-3-2-4-8-19/h2-12,17,25H,13-16,18H2,1H3,(H,28,31)/t25-/m1/s1. The van der Waals surface area contributed by atoms with Crippen LogP contribution in [0.25, 0.3) is 0 Å². The highest BCUT2D eigenvalue weighted by molar-refractivity contribution is 7.92. The number of hydrogen-bond donors (Lipinski definition) is 1. The summed E-state index contributed by atoms with van der Waals surface area (Å²) < 4.78 is 31.4. The molecule has 1 atom stereocenters. The monoisotopic (exact) mass is 505 g/mol. The normalized spacial score (nSPS) is 16.6. The first-order valence-corrected chi connectivity index (χ1v) is 13.7. The predicted octanol–water partition coefficient (Wildman–Crippen LogP) is 2.78. The summed E-state index contributed by atoms with van der Waals surface area (Å²) in [6.45, 7) is 0.886. The molecule has 0 spiro atoms. The summed E-state index contributed by atoms with van der Waals surface area (Å²) in [4.78, 5) is 28.1. The summed E-state index contributed by atoms with van der Waals surface area (Å²) in [5.41, 5.74) is 3.56. The molecule has 3 aromatic rings. The fourth-order valence-corrected chi connectivity index (χ4v) is 5.61. The number of rotatable bonds is 6. The predicted molar refractivity (Wildman–Crippen MR) is 138 cm³/mol. The van der Waals surface area contributed by atoms with Gasteiger partial charge < -0.3 is 15.0 Å². The lowest BCUT2D eigenvalue weighted by molar-refractivity contribution is -0.127. The molecule has 2 aliphatic rings. The van der Waals surface area contributed by atoms with Gasteiger partial charge in [-0.15, -0.1) is 0 Å². The minimum absolute atomic E-state index is 0.0690. The minimum atomic E-state index is -3.37. The van der Waals surface area contributed by atoms with E-state index in [0.29, 0.717) is 48.6 Å². The Labute approximate surface area is 210 Å². The SMILES string of the molecule is CS(=O)(=O)N1CCc2cc(C(=O)N3C[C@H](C(=O)NCCc4ccccc4)Oc4ccccc43)ccc21. The topological polar surface area (TPSA) is 96.0 Å². The molecule has 0 bridgehead atoms. The van der Waals surface area contributed by atoms with Crippen molar-refractivity contribution in [2.45, 2.75) is 18.9 Å². The van der Waals surface area contributed by atoms with Gasteiger partial charge in [-0.05, 0) is 54.3 Å². The summed E-state index contributed by atoms with van der Waals surface area (Å²) in [5.74, 6) is -0.0888. The first-order chi connectivity index (χ1) is 17.3. The number of carbonyl (C=O) groups is 2. The zero-order chi connectivity index (χ0) is 25.3. The number of fused-ring (bicyclic) bond motifs is 2. The van der Waals surface area contributed by atoms with Crippen LogP contribution in [0, 0.1) is 0 Å². The van der Waals surface area contributed by atoms with Gasteiger partial charge in [-0.3, -0.25) is 13.9 Å². The van der Waals surface area contributed by atoms with E-state index in [1.54, 1.807) is 41.3 Å². The number of sulfonamides is 1. The molecule has 186 valence electrons. The second-order valence-electron chi connectivity index (χ2n) is 8.95. The Kier molecular flexibility index (Phi) is 6.40. The van der Waals surface area contributed by atoms with Crippen LogP contribution in [0.3, 0.4) is 0 Å². The number of benzene rings is 3. The highest BCUT2D eigenvalue weighted by Crippen LogP contribution is 2.36. The summed E-state index contributed by atoms with van der Waals surface area (Å²) in [5, 5.41) is 2.92. The Bertz CT molecular complexity index is 1410. The molecular formula is C27H27N3O5S. The van der Waals surface area contributed by atoms with Gasteiger partial charge in [0.2, 0.25) is 10.0 Å². The van der Waals surface area contributed by atoms with Crippen LogP contribution in [-0.2, 0) is 27.7 Å². The number of anilines is 2. The van der Waals surface area contributed by atoms with Gasteiger partial charge in [0.05, 0.1) is 24.2 Å². The molecule has 2 heterocycles. The van der Waals surface area contributed by atoms with E-state index in [0.717, 1.165) is 11.1 Å². The lowest BCUT2D eigenvalue weighted by Gasteiger charge is -2.34. The van der Waals surface area contributed by atoms with E-state index >= 15 is 0 Å². The van der Waals surface area contributed by atoms with Crippen molar-refractivity contribution < 1.29 is 22.7 Å². The van der Waals surface area contributed by atoms with Crippen molar-refractivity contribution in [1.82, 2.24) is 5.32 Å². The van der Waals surface area contributed by atoms with Crippen molar-refractivity contribution in [3.8, 4) is 5.75 Å². The molecule has 0 fully saturated rings. The molecule has 9 heteroatoms. The quantitative estimate of drug-likeness (QED) is 0.556. The number of ether oxygens (including phenoxy) is 1. The first kappa shape index (κ1) is 23.9. The zero-order valence-electron chi connectivity index (χ0n) is 19.9. The van der Waals surface area contributed by atoms with E-state index < -0.39 is 16.1 Å². The number of para-hydroxylation sites is 2. The van der Waals surface area contributed by atoms with E-state index in [1.165, 1.54) is 10.6 Å². The third-order valence-corrected chi connectivity index (χ3v) is 7.63. The molecule has 2 aliphatic heterocycles. The first-order valence-electron chi connectivity index (χ1n) is 11.8. The summed E-state index contributed by atoms with van der Waals surface area (Å²) >= 11 is 0. The summed E-state index contributed by atoms with van der Waals surface area (Å²) in [6, 6.07) is 22.1. The van der Waals surface area contributed by atoms with Crippen LogP contribution >= 0.6 is 0 Å².